The molecule has 0 aliphatic carbocycles. The molecular weight excluding hydrogens is 304 g/mol. The molecule has 8 nitrogen and oxygen atoms in total. The van der Waals surface area contributed by atoms with Crippen LogP contribution in [-0.2, 0) is 10.4 Å². The van der Waals surface area contributed by atoms with Gasteiger partial charge in [0, 0.05) is 24.7 Å². The molecule has 3 rings (SSSR count). The molecule has 1 aliphatic rings. The van der Waals surface area contributed by atoms with E-state index < -0.39 is 28.6 Å². The second-order valence-corrected chi connectivity index (χ2v) is 5.26. The molecule has 1 amide bonds. The second-order valence-electron chi connectivity index (χ2n) is 5.26. The Morgan fingerprint density at radius 1 is 1.43 bits per heavy atom. The van der Waals surface area contributed by atoms with E-state index in [0.717, 1.165) is 6.07 Å². The molecule has 0 fully saturated rings. The van der Waals surface area contributed by atoms with Crippen LogP contribution in [0.25, 0.3) is 0 Å². The number of nitro benzene ring substituents is 1. The number of amides is 1. The molecule has 8 heteroatoms. The number of nitro groups is 1. The molecular formula is C15H12N2O6. The van der Waals surface area contributed by atoms with E-state index >= 15 is 0 Å². The van der Waals surface area contributed by atoms with E-state index in [1.54, 1.807) is 0 Å². The molecule has 1 N–H and O–H groups in total. The number of fused-ring (bicyclic) bond motifs is 1. The van der Waals surface area contributed by atoms with Crippen LogP contribution in [0.1, 0.15) is 22.5 Å². The summed E-state index contributed by atoms with van der Waals surface area (Å²) in [6, 6.07) is 6.66. The molecule has 0 radical (unpaired) electrons. The highest BCUT2D eigenvalue weighted by Crippen LogP contribution is 2.43. The van der Waals surface area contributed by atoms with Crippen molar-refractivity contribution < 1.29 is 24.0 Å². The molecule has 2 heterocycles. The molecule has 2 aromatic rings. The van der Waals surface area contributed by atoms with Crippen LogP contribution in [0.3, 0.4) is 0 Å². The summed E-state index contributed by atoms with van der Waals surface area (Å²) >= 11 is 0. The van der Waals surface area contributed by atoms with E-state index in [1.165, 1.54) is 42.5 Å². The Labute approximate surface area is 130 Å². The minimum absolute atomic E-state index is 0.00718. The number of ketones is 1. The van der Waals surface area contributed by atoms with Crippen molar-refractivity contribution >= 4 is 23.1 Å². The summed E-state index contributed by atoms with van der Waals surface area (Å²) in [4.78, 5) is 36.1. The number of non-ortho nitro benzene ring substituents is 1. The van der Waals surface area contributed by atoms with E-state index in [-0.39, 0.29) is 17.0 Å². The standard InChI is InChI=1S/C15H12N2O6/c1-16-11-5-4-9(17(21)22)7-10(11)15(20,14(16)19)8-12(18)13-3-2-6-23-13/h2-7,20H,8H2,1H3/t15-/m1/s1. The fourth-order valence-electron chi connectivity index (χ4n) is 2.69. The largest absolute Gasteiger partial charge is 0.461 e. The number of hydrogen-bond acceptors (Lipinski definition) is 6. The molecule has 23 heavy (non-hydrogen) atoms. The number of hydrogen-bond donors (Lipinski definition) is 1. The van der Waals surface area contributed by atoms with Gasteiger partial charge in [-0.05, 0) is 18.2 Å². The van der Waals surface area contributed by atoms with Gasteiger partial charge in [0.05, 0.1) is 23.3 Å². The Balaban J connectivity index is 2.05. The lowest BCUT2D eigenvalue weighted by Crippen LogP contribution is -2.40. The third-order valence-corrected chi connectivity index (χ3v) is 3.87. The zero-order valence-electron chi connectivity index (χ0n) is 12.1. The maximum Gasteiger partial charge on any atom is 0.269 e. The maximum atomic E-state index is 12.4. The van der Waals surface area contributed by atoms with Crippen molar-refractivity contribution in [1.29, 1.82) is 0 Å². The number of Topliss-reactive ketones (excluding diaryl/α,β-unsaturated/α-hetero) is 1. The highest BCUT2D eigenvalue weighted by molar-refractivity contribution is 6.10. The van der Waals surface area contributed by atoms with Crippen LogP contribution in [0, 0.1) is 10.1 Å². The molecule has 0 saturated heterocycles. The third kappa shape index (κ3) is 2.20. The summed E-state index contributed by atoms with van der Waals surface area (Å²) in [5, 5.41) is 21.7. The van der Waals surface area contributed by atoms with Crippen LogP contribution in [0.4, 0.5) is 11.4 Å². The van der Waals surface area contributed by atoms with Crippen LogP contribution < -0.4 is 4.90 Å². The summed E-state index contributed by atoms with van der Waals surface area (Å²) in [7, 11) is 1.43. The number of benzene rings is 1. The molecule has 0 bridgehead atoms. The van der Waals surface area contributed by atoms with Crippen LogP contribution in [-0.4, -0.2) is 28.8 Å². The summed E-state index contributed by atoms with van der Waals surface area (Å²) < 4.78 is 4.97. The van der Waals surface area contributed by atoms with Gasteiger partial charge in [-0.3, -0.25) is 19.7 Å². The van der Waals surface area contributed by atoms with Gasteiger partial charge in [0.25, 0.3) is 11.6 Å². The zero-order valence-corrected chi connectivity index (χ0v) is 12.1. The Morgan fingerprint density at radius 2 is 2.17 bits per heavy atom. The van der Waals surface area contributed by atoms with Gasteiger partial charge in [-0.15, -0.1) is 0 Å². The molecule has 1 aromatic carbocycles. The van der Waals surface area contributed by atoms with Crippen molar-refractivity contribution in [2.75, 3.05) is 11.9 Å². The molecule has 118 valence electrons. The summed E-state index contributed by atoms with van der Waals surface area (Å²) in [5.74, 6) is -1.28. The number of rotatable bonds is 4. The zero-order chi connectivity index (χ0) is 16.8. The normalized spacial score (nSPS) is 19.7. The predicted molar refractivity (Wildman–Crippen MR) is 78.1 cm³/mol. The number of furan rings is 1. The topological polar surface area (TPSA) is 114 Å². The van der Waals surface area contributed by atoms with Gasteiger partial charge in [-0.1, -0.05) is 0 Å². The minimum atomic E-state index is -2.15. The fourth-order valence-corrected chi connectivity index (χ4v) is 2.69. The Kier molecular flexibility index (Phi) is 3.26. The van der Waals surface area contributed by atoms with Crippen molar-refractivity contribution in [3.8, 4) is 0 Å². The van der Waals surface area contributed by atoms with Crippen LogP contribution in [0.15, 0.2) is 41.0 Å². The lowest BCUT2D eigenvalue weighted by molar-refractivity contribution is -0.385. The van der Waals surface area contributed by atoms with E-state index in [0.29, 0.717) is 5.69 Å². The van der Waals surface area contributed by atoms with Crippen molar-refractivity contribution in [3.05, 3.63) is 58.0 Å². The second kappa shape index (κ2) is 5.03. The van der Waals surface area contributed by atoms with Crippen LogP contribution in [0.5, 0.6) is 0 Å². The van der Waals surface area contributed by atoms with E-state index in [2.05, 4.69) is 0 Å². The van der Waals surface area contributed by atoms with Crippen molar-refractivity contribution in [3.63, 3.8) is 0 Å². The maximum absolute atomic E-state index is 12.4. The number of nitrogens with zero attached hydrogens (tertiary/aromatic N) is 2. The van der Waals surface area contributed by atoms with E-state index in [4.69, 9.17) is 4.42 Å². The van der Waals surface area contributed by atoms with Gasteiger partial charge in [0.1, 0.15) is 0 Å². The average molecular weight is 316 g/mol. The van der Waals surface area contributed by atoms with Gasteiger partial charge >= 0.3 is 0 Å². The third-order valence-electron chi connectivity index (χ3n) is 3.87. The van der Waals surface area contributed by atoms with Crippen LogP contribution in [0.2, 0.25) is 0 Å². The number of aliphatic hydroxyl groups is 1. The van der Waals surface area contributed by atoms with Gasteiger partial charge in [-0.2, -0.15) is 0 Å². The van der Waals surface area contributed by atoms with E-state index in [1.807, 2.05) is 0 Å². The van der Waals surface area contributed by atoms with Gasteiger partial charge in [-0.25, -0.2) is 0 Å². The Morgan fingerprint density at radius 3 is 2.78 bits per heavy atom. The summed E-state index contributed by atoms with van der Waals surface area (Å²) in [5.41, 5.74) is -2.05. The highest BCUT2D eigenvalue weighted by Gasteiger charge is 2.50. The number of carbonyl (C=O) groups is 2. The van der Waals surface area contributed by atoms with Crippen molar-refractivity contribution in [1.82, 2.24) is 0 Å². The quantitative estimate of drug-likeness (QED) is 0.521. The number of likely N-dealkylation sites (N-methyl/N-ethyl adjacent to an activating group) is 1. The predicted octanol–water partition coefficient (Wildman–Crippen LogP) is 1.62. The highest BCUT2D eigenvalue weighted by atomic mass is 16.6. The van der Waals surface area contributed by atoms with Crippen molar-refractivity contribution in [2.24, 2.45) is 0 Å². The number of carbonyl (C=O) groups excluding carboxylic acids is 2. The first-order valence-electron chi connectivity index (χ1n) is 6.71. The van der Waals surface area contributed by atoms with Gasteiger partial charge in [0.2, 0.25) is 5.78 Å². The van der Waals surface area contributed by atoms with E-state index in [9.17, 15) is 24.8 Å². The monoisotopic (exact) mass is 316 g/mol. The lowest BCUT2D eigenvalue weighted by atomic mass is 9.89. The summed E-state index contributed by atoms with van der Waals surface area (Å²) in [6.07, 6.45) is 0.747. The van der Waals surface area contributed by atoms with Crippen LogP contribution >= 0.6 is 0 Å². The molecule has 1 atom stereocenters. The van der Waals surface area contributed by atoms with Gasteiger partial charge in [0.15, 0.2) is 11.4 Å². The summed E-state index contributed by atoms with van der Waals surface area (Å²) in [6.45, 7) is 0. The molecule has 0 saturated carbocycles. The molecule has 0 unspecified atom stereocenters. The SMILES string of the molecule is CN1C(=O)[C@@](O)(CC(=O)c2ccco2)c2cc([N+](=O)[O-])ccc21. The average Bonchev–Trinajstić information content (AvgIpc) is 3.11. The smallest absolute Gasteiger partial charge is 0.269 e. The first-order chi connectivity index (χ1) is 10.8. The first-order valence-corrected chi connectivity index (χ1v) is 6.71. The molecule has 1 aromatic heterocycles. The first kappa shape index (κ1) is 14.9. The number of anilines is 1. The molecule has 1 aliphatic heterocycles. The lowest BCUT2D eigenvalue weighted by Gasteiger charge is -2.20. The van der Waals surface area contributed by atoms with Gasteiger partial charge < -0.3 is 14.4 Å². The Hall–Kier alpha value is -3.00. The Bertz CT molecular complexity index is 813. The van der Waals surface area contributed by atoms with Crippen molar-refractivity contribution in [2.45, 2.75) is 12.0 Å². The minimum Gasteiger partial charge on any atom is -0.461 e. The fraction of sp³-hybridized carbons (Fsp3) is 0.200. The molecule has 0 spiro atoms.